The van der Waals surface area contributed by atoms with Crippen molar-refractivity contribution in [2.24, 2.45) is 5.92 Å². The molecule has 0 bridgehead atoms. The Kier molecular flexibility index (Phi) is 5.86. The SMILES string of the molecule is Cc1ccc(C)c(S(=O)(=O)N2CCC(c3nnc(CC4CCCC4)s3)CC2)c1. The molecule has 1 saturated carbocycles. The van der Waals surface area contributed by atoms with Crippen LogP contribution in [0.1, 0.15) is 65.6 Å². The zero-order valence-electron chi connectivity index (χ0n) is 16.7. The normalized spacial score (nSPS) is 20.1. The summed E-state index contributed by atoms with van der Waals surface area (Å²) in [6.07, 6.45) is 8.06. The Morgan fingerprint density at radius 3 is 2.50 bits per heavy atom. The summed E-state index contributed by atoms with van der Waals surface area (Å²) in [6.45, 7) is 4.91. The molecule has 5 nitrogen and oxygen atoms in total. The van der Waals surface area contributed by atoms with Crippen LogP contribution in [-0.4, -0.2) is 36.0 Å². The van der Waals surface area contributed by atoms with Crippen LogP contribution in [0.4, 0.5) is 0 Å². The third-order valence-electron chi connectivity index (χ3n) is 6.19. The molecule has 1 saturated heterocycles. The van der Waals surface area contributed by atoms with Crippen molar-refractivity contribution >= 4 is 21.4 Å². The third kappa shape index (κ3) is 4.16. The van der Waals surface area contributed by atoms with Crippen molar-refractivity contribution in [3.05, 3.63) is 39.3 Å². The van der Waals surface area contributed by atoms with E-state index in [-0.39, 0.29) is 0 Å². The number of sulfonamides is 1. The molecule has 4 rings (SSSR count). The van der Waals surface area contributed by atoms with E-state index >= 15 is 0 Å². The maximum Gasteiger partial charge on any atom is 0.243 e. The van der Waals surface area contributed by atoms with Crippen molar-refractivity contribution in [1.29, 1.82) is 0 Å². The van der Waals surface area contributed by atoms with E-state index in [2.05, 4.69) is 10.2 Å². The van der Waals surface area contributed by atoms with E-state index in [9.17, 15) is 8.42 Å². The van der Waals surface area contributed by atoms with Crippen LogP contribution >= 0.6 is 11.3 Å². The molecule has 1 aliphatic carbocycles. The lowest BCUT2D eigenvalue weighted by Gasteiger charge is -2.30. The molecule has 152 valence electrons. The lowest BCUT2D eigenvalue weighted by molar-refractivity contribution is 0.318. The first kappa shape index (κ1) is 20.0. The molecule has 0 amide bonds. The van der Waals surface area contributed by atoms with E-state index in [4.69, 9.17) is 0 Å². The Morgan fingerprint density at radius 1 is 1.07 bits per heavy atom. The van der Waals surface area contributed by atoms with Crippen LogP contribution in [0.2, 0.25) is 0 Å². The van der Waals surface area contributed by atoms with Crippen LogP contribution in [0.25, 0.3) is 0 Å². The van der Waals surface area contributed by atoms with Gasteiger partial charge in [0, 0.05) is 25.4 Å². The predicted octanol–water partition coefficient (Wildman–Crippen LogP) is 4.46. The van der Waals surface area contributed by atoms with Gasteiger partial charge < -0.3 is 0 Å². The number of aryl methyl sites for hydroxylation is 2. The number of piperidine rings is 1. The largest absolute Gasteiger partial charge is 0.243 e. The predicted molar refractivity (Wildman–Crippen MR) is 112 cm³/mol. The molecule has 0 spiro atoms. The Balaban J connectivity index is 1.40. The van der Waals surface area contributed by atoms with Gasteiger partial charge in [0.25, 0.3) is 0 Å². The molecule has 0 radical (unpaired) electrons. The zero-order chi connectivity index (χ0) is 19.7. The number of benzene rings is 1. The molecule has 2 aromatic rings. The number of hydrogen-bond donors (Lipinski definition) is 0. The van der Waals surface area contributed by atoms with E-state index in [0.29, 0.717) is 23.9 Å². The fourth-order valence-electron chi connectivity index (χ4n) is 4.44. The van der Waals surface area contributed by atoms with Crippen LogP contribution in [-0.2, 0) is 16.4 Å². The fraction of sp³-hybridized carbons (Fsp3) is 0.619. The smallest absolute Gasteiger partial charge is 0.207 e. The van der Waals surface area contributed by atoms with Gasteiger partial charge in [-0.25, -0.2) is 8.42 Å². The number of aromatic nitrogens is 2. The van der Waals surface area contributed by atoms with Crippen molar-refractivity contribution in [3.8, 4) is 0 Å². The quantitative estimate of drug-likeness (QED) is 0.718. The molecular formula is C21H29N3O2S2. The first-order valence-electron chi connectivity index (χ1n) is 10.3. The Bertz CT molecular complexity index is 925. The van der Waals surface area contributed by atoms with E-state index in [0.717, 1.165) is 46.3 Å². The van der Waals surface area contributed by atoms with Crippen LogP contribution < -0.4 is 0 Å². The van der Waals surface area contributed by atoms with E-state index in [1.807, 2.05) is 26.0 Å². The molecule has 28 heavy (non-hydrogen) atoms. The van der Waals surface area contributed by atoms with Crippen molar-refractivity contribution < 1.29 is 8.42 Å². The summed E-state index contributed by atoms with van der Waals surface area (Å²) in [5.41, 5.74) is 1.79. The number of rotatable bonds is 5. The average Bonchev–Trinajstić information content (AvgIpc) is 3.36. The van der Waals surface area contributed by atoms with Crippen molar-refractivity contribution in [1.82, 2.24) is 14.5 Å². The highest BCUT2D eigenvalue weighted by molar-refractivity contribution is 7.89. The lowest BCUT2D eigenvalue weighted by Crippen LogP contribution is -2.38. The van der Waals surface area contributed by atoms with Gasteiger partial charge in [0.15, 0.2) is 0 Å². The first-order valence-corrected chi connectivity index (χ1v) is 12.6. The lowest BCUT2D eigenvalue weighted by atomic mass is 9.99. The maximum atomic E-state index is 13.1. The second-order valence-corrected chi connectivity index (χ2v) is 11.3. The molecule has 1 aromatic heterocycles. The summed E-state index contributed by atoms with van der Waals surface area (Å²) in [7, 11) is -3.43. The highest BCUT2D eigenvalue weighted by atomic mass is 32.2. The van der Waals surface area contributed by atoms with Gasteiger partial charge >= 0.3 is 0 Å². The van der Waals surface area contributed by atoms with Gasteiger partial charge in [-0.3, -0.25) is 0 Å². The minimum atomic E-state index is -3.43. The van der Waals surface area contributed by atoms with Crippen LogP contribution in [0.3, 0.4) is 0 Å². The molecule has 2 heterocycles. The minimum absolute atomic E-state index is 0.333. The summed E-state index contributed by atoms with van der Waals surface area (Å²) in [5, 5.41) is 11.1. The Hall–Kier alpha value is -1.31. The molecular weight excluding hydrogens is 390 g/mol. The summed E-state index contributed by atoms with van der Waals surface area (Å²) in [6, 6.07) is 5.64. The van der Waals surface area contributed by atoms with Gasteiger partial charge in [0.1, 0.15) is 10.0 Å². The van der Waals surface area contributed by atoms with E-state index < -0.39 is 10.0 Å². The number of nitrogens with zero attached hydrogens (tertiary/aromatic N) is 3. The average molecular weight is 420 g/mol. The third-order valence-corrected chi connectivity index (χ3v) is 9.33. The molecule has 2 fully saturated rings. The van der Waals surface area contributed by atoms with Gasteiger partial charge in [-0.2, -0.15) is 4.31 Å². The molecule has 0 unspecified atom stereocenters. The summed E-state index contributed by atoms with van der Waals surface area (Å²) in [4.78, 5) is 0.445. The first-order chi connectivity index (χ1) is 13.4. The molecule has 0 atom stereocenters. The van der Waals surface area contributed by atoms with Crippen LogP contribution in [0, 0.1) is 19.8 Å². The van der Waals surface area contributed by atoms with E-state index in [1.54, 1.807) is 21.7 Å². The maximum absolute atomic E-state index is 13.1. The Labute approximate surface area is 172 Å². The standard InChI is InChI=1S/C21H29N3O2S2/c1-15-7-8-16(2)19(13-15)28(25,26)24-11-9-18(10-12-24)21-23-22-20(27-21)14-17-5-3-4-6-17/h7-8,13,17-18H,3-6,9-12,14H2,1-2H3. The van der Waals surface area contributed by atoms with Gasteiger partial charge in [-0.15, -0.1) is 21.5 Å². The van der Waals surface area contributed by atoms with Crippen molar-refractivity contribution in [2.75, 3.05) is 13.1 Å². The highest BCUT2D eigenvalue weighted by Crippen LogP contribution is 2.35. The number of hydrogen-bond acceptors (Lipinski definition) is 5. The topological polar surface area (TPSA) is 63.2 Å². The Morgan fingerprint density at radius 2 is 1.79 bits per heavy atom. The van der Waals surface area contributed by atoms with Gasteiger partial charge in [-0.05, 0) is 49.8 Å². The fourth-order valence-corrected chi connectivity index (χ4v) is 7.35. The molecule has 1 aliphatic heterocycles. The summed E-state index contributed by atoms with van der Waals surface area (Å²) in [5.74, 6) is 1.12. The highest BCUT2D eigenvalue weighted by Gasteiger charge is 2.32. The monoisotopic (exact) mass is 419 g/mol. The molecule has 1 aromatic carbocycles. The summed E-state index contributed by atoms with van der Waals surface area (Å²) >= 11 is 1.75. The van der Waals surface area contributed by atoms with Crippen molar-refractivity contribution in [3.63, 3.8) is 0 Å². The summed E-state index contributed by atoms with van der Waals surface area (Å²) < 4.78 is 27.8. The minimum Gasteiger partial charge on any atom is -0.207 e. The van der Waals surface area contributed by atoms with Gasteiger partial charge in [-0.1, -0.05) is 37.8 Å². The van der Waals surface area contributed by atoms with Crippen LogP contribution in [0.15, 0.2) is 23.1 Å². The van der Waals surface area contributed by atoms with Crippen LogP contribution in [0.5, 0.6) is 0 Å². The van der Waals surface area contributed by atoms with Crippen molar-refractivity contribution in [2.45, 2.75) is 69.6 Å². The zero-order valence-corrected chi connectivity index (χ0v) is 18.4. The van der Waals surface area contributed by atoms with E-state index in [1.165, 1.54) is 25.7 Å². The van der Waals surface area contributed by atoms with Gasteiger partial charge in [0.05, 0.1) is 4.90 Å². The molecule has 0 N–H and O–H groups in total. The molecule has 2 aliphatic rings. The second-order valence-electron chi connectivity index (χ2n) is 8.34. The second kappa shape index (κ2) is 8.20. The van der Waals surface area contributed by atoms with Gasteiger partial charge in [0.2, 0.25) is 10.0 Å². The molecule has 7 heteroatoms.